The lowest BCUT2D eigenvalue weighted by atomic mass is 9.98. The fraction of sp³-hybridized carbons (Fsp3) is 0.250. The number of aryl methyl sites for hydroxylation is 1. The third-order valence-electron chi connectivity index (χ3n) is 2.87. The predicted octanol–water partition coefficient (Wildman–Crippen LogP) is 4.18. The van der Waals surface area contributed by atoms with Crippen LogP contribution >= 0.6 is 0 Å². The van der Waals surface area contributed by atoms with Crippen molar-refractivity contribution in [2.45, 2.75) is 26.7 Å². The van der Waals surface area contributed by atoms with Crippen LogP contribution in [0.4, 0.5) is 0 Å². The normalized spacial score (nSPS) is 10.3. The van der Waals surface area contributed by atoms with Crippen LogP contribution in [0.25, 0.3) is 0 Å². The summed E-state index contributed by atoms with van der Waals surface area (Å²) in [6.45, 7) is 6.10. The van der Waals surface area contributed by atoms with Gasteiger partial charge in [-0.3, -0.25) is 0 Å². The largest absolute Gasteiger partial charge is 0.439 e. The van der Waals surface area contributed by atoms with Crippen molar-refractivity contribution in [3.8, 4) is 17.7 Å². The van der Waals surface area contributed by atoms with E-state index in [9.17, 15) is 0 Å². The highest BCUT2D eigenvalue weighted by molar-refractivity contribution is 5.45. The molecule has 0 aliphatic carbocycles. The number of hydrogen-bond acceptors (Lipinski definition) is 3. The quantitative estimate of drug-likeness (QED) is 0.823. The maximum Gasteiger partial charge on any atom is 0.219 e. The lowest BCUT2D eigenvalue weighted by Gasteiger charge is -2.11. The van der Waals surface area contributed by atoms with E-state index in [0.717, 1.165) is 11.1 Å². The van der Waals surface area contributed by atoms with Gasteiger partial charge in [-0.15, -0.1) is 0 Å². The van der Waals surface area contributed by atoms with Crippen molar-refractivity contribution in [3.63, 3.8) is 0 Å². The van der Waals surface area contributed by atoms with Crippen LogP contribution in [0.15, 0.2) is 36.5 Å². The van der Waals surface area contributed by atoms with Gasteiger partial charge < -0.3 is 4.74 Å². The van der Waals surface area contributed by atoms with Gasteiger partial charge in [0, 0.05) is 12.3 Å². The minimum atomic E-state index is 0.282. The number of hydrogen-bond donors (Lipinski definition) is 0. The van der Waals surface area contributed by atoms with Gasteiger partial charge in [-0.1, -0.05) is 19.9 Å². The number of nitriles is 1. The highest BCUT2D eigenvalue weighted by Gasteiger charge is 2.08. The lowest BCUT2D eigenvalue weighted by molar-refractivity contribution is 0.461. The molecule has 3 nitrogen and oxygen atoms in total. The molecule has 0 spiro atoms. The van der Waals surface area contributed by atoms with E-state index in [0.29, 0.717) is 17.2 Å². The molecule has 0 saturated heterocycles. The Bertz CT molecular complexity index is 610. The van der Waals surface area contributed by atoms with Crippen LogP contribution in [0, 0.1) is 18.3 Å². The summed E-state index contributed by atoms with van der Waals surface area (Å²) in [5.41, 5.74) is 2.78. The van der Waals surface area contributed by atoms with Gasteiger partial charge >= 0.3 is 0 Å². The summed E-state index contributed by atoms with van der Waals surface area (Å²) in [5.74, 6) is 1.55. The van der Waals surface area contributed by atoms with Gasteiger partial charge in [0.1, 0.15) is 5.75 Å². The van der Waals surface area contributed by atoms with E-state index >= 15 is 0 Å². The van der Waals surface area contributed by atoms with Crippen LogP contribution in [0.1, 0.15) is 36.5 Å². The zero-order chi connectivity index (χ0) is 13.8. The second kappa shape index (κ2) is 5.53. The Labute approximate surface area is 113 Å². The molecule has 2 aromatic rings. The summed E-state index contributed by atoms with van der Waals surface area (Å²) in [6, 6.07) is 11.5. The molecule has 0 aliphatic heterocycles. The van der Waals surface area contributed by atoms with Crippen molar-refractivity contribution < 1.29 is 4.74 Å². The van der Waals surface area contributed by atoms with Gasteiger partial charge in [0.05, 0.1) is 11.6 Å². The molecule has 0 amide bonds. The summed E-state index contributed by atoms with van der Waals surface area (Å²) in [4.78, 5) is 4.20. The maximum absolute atomic E-state index is 9.08. The fourth-order valence-electron chi connectivity index (χ4n) is 1.82. The topological polar surface area (TPSA) is 45.9 Å². The van der Waals surface area contributed by atoms with Crippen molar-refractivity contribution in [1.29, 1.82) is 5.26 Å². The minimum absolute atomic E-state index is 0.282. The van der Waals surface area contributed by atoms with Crippen LogP contribution < -0.4 is 4.74 Å². The SMILES string of the molecule is Cc1ccc(Oc2ccc(C#N)c(C(C)C)c2)nc1. The second-order valence-corrected chi connectivity index (χ2v) is 4.79. The molecule has 0 atom stereocenters. The molecular weight excluding hydrogens is 236 g/mol. The van der Waals surface area contributed by atoms with Crippen LogP contribution in [-0.4, -0.2) is 4.98 Å². The summed E-state index contributed by atoms with van der Waals surface area (Å²) in [5, 5.41) is 9.08. The monoisotopic (exact) mass is 252 g/mol. The first kappa shape index (κ1) is 13.1. The Morgan fingerprint density at radius 3 is 2.58 bits per heavy atom. The Balaban J connectivity index is 2.29. The zero-order valence-electron chi connectivity index (χ0n) is 11.3. The molecule has 0 fully saturated rings. The first-order valence-electron chi connectivity index (χ1n) is 6.24. The lowest BCUT2D eigenvalue weighted by Crippen LogP contribution is -1.95. The van der Waals surface area contributed by atoms with Gasteiger partial charge in [-0.2, -0.15) is 5.26 Å². The molecule has 0 radical (unpaired) electrons. The van der Waals surface area contributed by atoms with Crippen molar-refractivity contribution in [2.75, 3.05) is 0 Å². The smallest absolute Gasteiger partial charge is 0.219 e. The number of ether oxygens (including phenoxy) is 1. The Morgan fingerprint density at radius 1 is 1.21 bits per heavy atom. The predicted molar refractivity (Wildman–Crippen MR) is 74.3 cm³/mol. The molecule has 1 aromatic carbocycles. The van der Waals surface area contributed by atoms with E-state index in [2.05, 4.69) is 24.9 Å². The van der Waals surface area contributed by atoms with E-state index < -0.39 is 0 Å². The van der Waals surface area contributed by atoms with Crippen LogP contribution in [0.5, 0.6) is 11.6 Å². The molecule has 19 heavy (non-hydrogen) atoms. The summed E-state index contributed by atoms with van der Waals surface area (Å²) in [7, 11) is 0. The number of nitrogens with zero attached hydrogens (tertiary/aromatic N) is 2. The van der Waals surface area contributed by atoms with Crippen molar-refractivity contribution in [3.05, 3.63) is 53.2 Å². The molecule has 0 aliphatic rings. The number of pyridine rings is 1. The molecule has 96 valence electrons. The highest BCUT2D eigenvalue weighted by Crippen LogP contribution is 2.27. The Hall–Kier alpha value is -2.34. The van der Waals surface area contributed by atoms with E-state index in [-0.39, 0.29) is 5.92 Å². The van der Waals surface area contributed by atoms with Crippen LogP contribution in [0.2, 0.25) is 0 Å². The molecular formula is C16H16N2O. The van der Waals surface area contributed by atoms with Gasteiger partial charge in [0.25, 0.3) is 0 Å². The first-order chi connectivity index (χ1) is 9.10. The molecule has 0 saturated carbocycles. The average molecular weight is 252 g/mol. The molecule has 0 bridgehead atoms. The van der Waals surface area contributed by atoms with Crippen LogP contribution in [-0.2, 0) is 0 Å². The molecule has 1 heterocycles. The van der Waals surface area contributed by atoms with E-state index in [4.69, 9.17) is 10.00 Å². The minimum Gasteiger partial charge on any atom is -0.439 e. The third-order valence-corrected chi connectivity index (χ3v) is 2.87. The zero-order valence-corrected chi connectivity index (χ0v) is 11.3. The molecule has 3 heteroatoms. The second-order valence-electron chi connectivity index (χ2n) is 4.79. The van der Waals surface area contributed by atoms with Gasteiger partial charge in [0.15, 0.2) is 0 Å². The maximum atomic E-state index is 9.08. The van der Waals surface area contributed by atoms with Crippen molar-refractivity contribution >= 4 is 0 Å². The van der Waals surface area contributed by atoms with Crippen molar-refractivity contribution in [1.82, 2.24) is 4.98 Å². The number of benzene rings is 1. The Kier molecular flexibility index (Phi) is 3.82. The Morgan fingerprint density at radius 2 is 2.00 bits per heavy atom. The van der Waals surface area contributed by atoms with Gasteiger partial charge in [-0.25, -0.2) is 4.98 Å². The summed E-state index contributed by atoms with van der Waals surface area (Å²) in [6.07, 6.45) is 1.77. The molecule has 0 N–H and O–H groups in total. The van der Waals surface area contributed by atoms with E-state index in [1.54, 1.807) is 18.3 Å². The fourth-order valence-corrected chi connectivity index (χ4v) is 1.82. The first-order valence-corrected chi connectivity index (χ1v) is 6.24. The summed E-state index contributed by atoms with van der Waals surface area (Å²) < 4.78 is 5.70. The average Bonchev–Trinajstić information content (AvgIpc) is 2.41. The standard InChI is InChI=1S/C16H16N2O/c1-11(2)15-8-14(6-5-13(15)9-17)19-16-7-4-12(3)10-18-16/h4-8,10-11H,1-3H3. The van der Waals surface area contributed by atoms with Crippen LogP contribution in [0.3, 0.4) is 0 Å². The number of aromatic nitrogens is 1. The van der Waals surface area contributed by atoms with Crippen molar-refractivity contribution in [2.24, 2.45) is 0 Å². The third kappa shape index (κ3) is 3.11. The molecule has 0 unspecified atom stereocenters. The van der Waals surface area contributed by atoms with Gasteiger partial charge in [0.2, 0.25) is 5.88 Å². The van der Waals surface area contributed by atoms with E-state index in [1.807, 2.05) is 25.1 Å². The summed E-state index contributed by atoms with van der Waals surface area (Å²) >= 11 is 0. The van der Waals surface area contributed by atoms with E-state index in [1.165, 1.54) is 0 Å². The molecule has 1 aromatic heterocycles. The molecule has 2 rings (SSSR count). The highest BCUT2D eigenvalue weighted by atomic mass is 16.5. The van der Waals surface area contributed by atoms with Gasteiger partial charge in [-0.05, 0) is 42.2 Å². The number of rotatable bonds is 3.